The predicted molar refractivity (Wildman–Crippen MR) is 121 cm³/mol. The minimum atomic E-state index is -4.45. The number of pyridine rings is 1. The molecule has 3 heterocycles. The monoisotopic (exact) mass is 478 g/mol. The fraction of sp³-hybridized carbons (Fsp3) is 0.320. The lowest BCUT2D eigenvalue weighted by Crippen LogP contribution is -2.40. The minimum absolute atomic E-state index is 0.0752. The van der Waals surface area contributed by atoms with E-state index in [1.54, 1.807) is 41.6 Å². The molecule has 2 aromatic heterocycles. The smallest absolute Gasteiger partial charge is 0.368 e. The maximum atomic E-state index is 13.8. The number of benzene rings is 1. The van der Waals surface area contributed by atoms with E-state index in [0.29, 0.717) is 41.4 Å². The number of aromatic nitrogens is 3. The number of rotatable bonds is 5. The number of carbonyl (C=O) groups excluding carboxylic acids is 1. The van der Waals surface area contributed by atoms with E-state index in [1.165, 1.54) is 6.07 Å². The summed E-state index contributed by atoms with van der Waals surface area (Å²) in [6, 6.07) is 10.7. The molecule has 7 nitrogen and oxygen atoms in total. The van der Waals surface area contributed by atoms with Crippen LogP contribution < -0.4 is 5.32 Å². The van der Waals surface area contributed by atoms with Gasteiger partial charge in [-0.05, 0) is 61.1 Å². The van der Waals surface area contributed by atoms with Gasteiger partial charge in [-0.1, -0.05) is 0 Å². The van der Waals surface area contributed by atoms with E-state index < -0.39 is 11.7 Å². The summed E-state index contributed by atoms with van der Waals surface area (Å²) in [5.41, 5.74) is 0.516. The largest absolute Gasteiger partial charge is 0.417 e. The van der Waals surface area contributed by atoms with Gasteiger partial charge in [-0.2, -0.15) is 18.4 Å². The zero-order valence-corrected chi connectivity index (χ0v) is 18.6. The van der Waals surface area contributed by atoms with Crippen LogP contribution in [0.25, 0.3) is 11.4 Å². The second-order valence-corrected chi connectivity index (χ2v) is 9.05. The Hall–Kier alpha value is -4.00. The molecule has 5 rings (SSSR count). The number of hydrogen-bond acceptors (Lipinski definition) is 6. The van der Waals surface area contributed by atoms with Crippen molar-refractivity contribution in [1.82, 2.24) is 19.9 Å². The Bertz CT molecular complexity index is 1280. The van der Waals surface area contributed by atoms with E-state index in [0.717, 1.165) is 31.5 Å². The number of likely N-dealkylation sites (tertiary alicyclic amines) is 1. The van der Waals surface area contributed by atoms with Gasteiger partial charge in [0, 0.05) is 43.3 Å². The van der Waals surface area contributed by atoms with Crippen LogP contribution in [0.1, 0.15) is 40.7 Å². The maximum Gasteiger partial charge on any atom is 0.417 e. The van der Waals surface area contributed by atoms with Crippen LogP contribution >= 0.6 is 0 Å². The highest BCUT2D eigenvalue weighted by molar-refractivity contribution is 6.01. The summed E-state index contributed by atoms with van der Waals surface area (Å²) in [5.74, 6) is 0.483. The second-order valence-electron chi connectivity index (χ2n) is 9.05. The molecular weight excluding hydrogens is 457 g/mol. The standard InChI is InChI=1S/C25H21F3N6O/c26-25(27,28)17-3-5-21(32-13-17)33-14-18-11-24(6-7-24)15-34(18)23(35)20-10-16(12-29)2-4-19(20)22-30-8-1-9-31-22/h1-5,8-10,13,18H,6-7,11,14-15H2,(H,32,33). The fourth-order valence-corrected chi connectivity index (χ4v) is 4.59. The van der Waals surface area contributed by atoms with Gasteiger partial charge in [0.25, 0.3) is 5.91 Å². The third kappa shape index (κ3) is 4.67. The summed E-state index contributed by atoms with van der Waals surface area (Å²) >= 11 is 0. The van der Waals surface area contributed by atoms with Gasteiger partial charge in [0.15, 0.2) is 5.82 Å². The molecule has 0 bridgehead atoms. The van der Waals surface area contributed by atoms with Crippen molar-refractivity contribution < 1.29 is 18.0 Å². The van der Waals surface area contributed by atoms with Gasteiger partial charge >= 0.3 is 6.18 Å². The molecule has 1 N–H and O–H groups in total. The molecule has 1 saturated heterocycles. The van der Waals surface area contributed by atoms with Crippen molar-refractivity contribution in [2.24, 2.45) is 5.41 Å². The molecule has 2 aliphatic rings. The van der Waals surface area contributed by atoms with E-state index in [-0.39, 0.29) is 17.4 Å². The zero-order chi connectivity index (χ0) is 24.6. The van der Waals surface area contributed by atoms with Gasteiger partial charge in [0.05, 0.1) is 22.8 Å². The van der Waals surface area contributed by atoms with Crippen LogP contribution in [0.15, 0.2) is 55.0 Å². The summed E-state index contributed by atoms with van der Waals surface area (Å²) in [6.45, 7) is 0.936. The number of nitrogens with zero attached hydrogens (tertiary/aromatic N) is 5. The van der Waals surface area contributed by atoms with Crippen molar-refractivity contribution in [3.8, 4) is 17.5 Å². The number of nitrogens with one attached hydrogen (secondary N) is 1. The first-order valence-electron chi connectivity index (χ1n) is 11.2. The van der Waals surface area contributed by atoms with Crippen molar-refractivity contribution >= 4 is 11.7 Å². The van der Waals surface area contributed by atoms with Crippen LogP contribution in [0, 0.1) is 16.7 Å². The Morgan fingerprint density at radius 1 is 1.17 bits per heavy atom. The Labute approximate surface area is 199 Å². The molecule has 1 aromatic carbocycles. The van der Waals surface area contributed by atoms with Crippen molar-refractivity contribution in [2.75, 3.05) is 18.4 Å². The summed E-state index contributed by atoms with van der Waals surface area (Å²) in [5, 5.41) is 12.5. The van der Waals surface area contributed by atoms with Gasteiger partial charge in [0.1, 0.15) is 5.82 Å². The number of halogens is 3. The highest BCUT2D eigenvalue weighted by Crippen LogP contribution is 2.55. The lowest BCUT2D eigenvalue weighted by Gasteiger charge is -2.26. The molecule has 1 amide bonds. The SMILES string of the molecule is N#Cc1ccc(-c2ncccn2)c(C(=O)N2CC3(CC3)CC2CNc2ccc(C(F)(F)F)cn2)c1. The number of carbonyl (C=O) groups is 1. The van der Waals surface area contributed by atoms with Gasteiger partial charge < -0.3 is 10.2 Å². The maximum absolute atomic E-state index is 13.8. The Morgan fingerprint density at radius 3 is 2.57 bits per heavy atom. The third-order valence-corrected chi connectivity index (χ3v) is 6.63. The first kappa shape index (κ1) is 22.8. The molecule has 3 aromatic rings. The van der Waals surface area contributed by atoms with Gasteiger partial charge in [-0.15, -0.1) is 0 Å². The minimum Gasteiger partial charge on any atom is -0.368 e. The van der Waals surface area contributed by atoms with Crippen LogP contribution in [0.4, 0.5) is 19.0 Å². The van der Waals surface area contributed by atoms with Crippen LogP contribution in [0.2, 0.25) is 0 Å². The Morgan fingerprint density at radius 2 is 1.94 bits per heavy atom. The van der Waals surface area contributed by atoms with E-state index in [2.05, 4.69) is 26.3 Å². The first-order chi connectivity index (χ1) is 16.8. The third-order valence-electron chi connectivity index (χ3n) is 6.63. The van der Waals surface area contributed by atoms with Gasteiger partial charge in [-0.3, -0.25) is 4.79 Å². The summed E-state index contributed by atoms with van der Waals surface area (Å²) in [7, 11) is 0. The average Bonchev–Trinajstić information content (AvgIpc) is 3.53. The summed E-state index contributed by atoms with van der Waals surface area (Å²) in [6.07, 6.45) is 2.37. The molecule has 1 atom stereocenters. The molecule has 1 aliphatic carbocycles. The molecule has 1 unspecified atom stereocenters. The molecular formula is C25H21F3N6O. The van der Waals surface area contributed by atoms with E-state index in [4.69, 9.17) is 0 Å². The van der Waals surface area contributed by atoms with Crippen molar-refractivity contribution in [1.29, 1.82) is 5.26 Å². The molecule has 2 fully saturated rings. The fourth-order valence-electron chi connectivity index (χ4n) is 4.59. The highest BCUT2D eigenvalue weighted by atomic mass is 19.4. The van der Waals surface area contributed by atoms with E-state index in [1.807, 2.05) is 0 Å². The summed E-state index contributed by atoms with van der Waals surface area (Å²) in [4.78, 5) is 28.0. The summed E-state index contributed by atoms with van der Waals surface area (Å²) < 4.78 is 38.5. The van der Waals surface area contributed by atoms with Crippen LogP contribution in [-0.4, -0.2) is 44.9 Å². The van der Waals surface area contributed by atoms with E-state index in [9.17, 15) is 23.2 Å². The number of alkyl halides is 3. The van der Waals surface area contributed by atoms with Crippen LogP contribution in [-0.2, 0) is 6.18 Å². The molecule has 1 spiro atoms. The lowest BCUT2D eigenvalue weighted by molar-refractivity contribution is -0.137. The number of anilines is 1. The number of amides is 1. The molecule has 1 saturated carbocycles. The van der Waals surface area contributed by atoms with Crippen molar-refractivity contribution in [3.05, 3.63) is 71.7 Å². The molecule has 35 heavy (non-hydrogen) atoms. The Kier molecular flexibility index (Phi) is 5.63. The van der Waals surface area contributed by atoms with E-state index >= 15 is 0 Å². The van der Waals surface area contributed by atoms with Crippen molar-refractivity contribution in [3.63, 3.8) is 0 Å². The van der Waals surface area contributed by atoms with Crippen molar-refractivity contribution in [2.45, 2.75) is 31.5 Å². The number of nitriles is 1. The molecule has 0 radical (unpaired) electrons. The van der Waals surface area contributed by atoms with Crippen LogP contribution in [0.3, 0.4) is 0 Å². The predicted octanol–water partition coefficient (Wildman–Crippen LogP) is 4.54. The average molecular weight is 478 g/mol. The second kappa shape index (κ2) is 8.65. The quantitative estimate of drug-likeness (QED) is 0.579. The zero-order valence-electron chi connectivity index (χ0n) is 18.6. The molecule has 1 aliphatic heterocycles. The normalized spacial score (nSPS) is 18.3. The van der Waals surface area contributed by atoms with Gasteiger partial charge in [0.2, 0.25) is 0 Å². The topological polar surface area (TPSA) is 94.8 Å². The number of hydrogen-bond donors (Lipinski definition) is 1. The Balaban J connectivity index is 1.39. The highest BCUT2D eigenvalue weighted by Gasteiger charge is 2.53. The lowest BCUT2D eigenvalue weighted by atomic mass is 10.0. The molecule has 178 valence electrons. The molecule has 10 heteroatoms. The van der Waals surface area contributed by atoms with Gasteiger partial charge in [-0.25, -0.2) is 15.0 Å². The van der Waals surface area contributed by atoms with Crippen LogP contribution in [0.5, 0.6) is 0 Å². The first-order valence-corrected chi connectivity index (χ1v) is 11.2.